The van der Waals surface area contributed by atoms with E-state index in [2.05, 4.69) is 0 Å². The van der Waals surface area contributed by atoms with Crippen molar-refractivity contribution >= 4 is 27.1 Å². The summed E-state index contributed by atoms with van der Waals surface area (Å²) in [6.45, 7) is 0. The number of thiophene rings is 1. The highest BCUT2D eigenvalue weighted by molar-refractivity contribution is 7.90. The van der Waals surface area contributed by atoms with E-state index in [0.29, 0.717) is 15.3 Å². The van der Waals surface area contributed by atoms with Crippen molar-refractivity contribution in [3.05, 3.63) is 75.7 Å². The van der Waals surface area contributed by atoms with Crippen molar-refractivity contribution in [2.45, 2.75) is 35.6 Å². The zero-order chi connectivity index (χ0) is 24.0. The van der Waals surface area contributed by atoms with E-state index >= 15 is 0 Å². The van der Waals surface area contributed by atoms with Crippen LogP contribution in [-0.4, -0.2) is 19.5 Å². The van der Waals surface area contributed by atoms with E-state index < -0.39 is 33.3 Å². The highest BCUT2D eigenvalue weighted by Gasteiger charge is 2.34. The largest absolute Gasteiger partial charge is 0.478 e. The Morgan fingerprint density at radius 2 is 1.85 bits per heavy atom. The number of aromatic carboxylic acids is 1. The molecule has 1 heterocycles. The topological polar surface area (TPSA) is 95.2 Å². The number of nitriles is 1. The Labute approximate surface area is 191 Å². The number of alkyl halides is 3. The first-order chi connectivity index (χ1) is 15.5. The Balaban J connectivity index is 1.84. The minimum atomic E-state index is -4.67. The van der Waals surface area contributed by atoms with Crippen LogP contribution in [0.5, 0.6) is 0 Å². The molecule has 3 aromatic rings. The Kier molecular flexibility index (Phi) is 5.80. The molecule has 0 aliphatic heterocycles. The van der Waals surface area contributed by atoms with Crippen LogP contribution < -0.4 is 0 Å². The van der Waals surface area contributed by atoms with Crippen molar-refractivity contribution in [1.82, 2.24) is 0 Å². The fourth-order valence-corrected chi connectivity index (χ4v) is 6.19. The van der Waals surface area contributed by atoms with E-state index in [9.17, 15) is 31.5 Å². The summed E-state index contributed by atoms with van der Waals surface area (Å²) in [4.78, 5) is 12.0. The minimum Gasteiger partial charge on any atom is -0.478 e. The quantitative estimate of drug-likeness (QED) is 0.466. The monoisotopic (exact) mass is 491 g/mol. The van der Waals surface area contributed by atoms with Gasteiger partial charge in [-0.15, -0.1) is 11.3 Å². The van der Waals surface area contributed by atoms with Crippen LogP contribution in [0.3, 0.4) is 0 Å². The smallest absolute Gasteiger partial charge is 0.416 e. The van der Waals surface area contributed by atoms with Crippen molar-refractivity contribution in [1.29, 1.82) is 5.26 Å². The first kappa shape index (κ1) is 23.0. The average Bonchev–Trinajstić information content (AvgIpc) is 3.49. The van der Waals surface area contributed by atoms with Gasteiger partial charge in [0.15, 0.2) is 9.84 Å². The van der Waals surface area contributed by atoms with Gasteiger partial charge in [0, 0.05) is 4.88 Å². The maximum absolute atomic E-state index is 13.4. The summed E-state index contributed by atoms with van der Waals surface area (Å²) in [5.74, 6) is -2.06. The van der Waals surface area contributed by atoms with Crippen LogP contribution in [0.4, 0.5) is 13.2 Å². The van der Waals surface area contributed by atoms with Gasteiger partial charge in [-0.25, -0.2) is 13.2 Å². The summed E-state index contributed by atoms with van der Waals surface area (Å²) in [5, 5.41) is 18.4. The molecule has 1 aliphatic carbocycles. The molecule has 2 aromatic carbocycles. The zero-order valence-electron chi connectivity index (χ0n) is 16.9. The van der Waals surface area contributed by atoms with Crippen LogP contribution in [0.25, 0.3) is 10.4 Å². The van der Waals surface area contributed by atoms with Crippen LogP contribution in [-0.2, 0) is 21.8 Å². The number of rotatable bonds is 6. The van der Waals surface area contributed by atoms with Crippen LogP contribution >= 0.6 is 11.3 Å². The Morgan fingerprint density at radius 1 is 1.12 bits per heavy atom. The van der Waals surface area contributed by atoms with Gasteiger partial charge in [-0.05, 0) is 71.8 Å². The highest BCUT2D eigenvalue weighted by Crippen LogP contribution is 2.44. The molecule has 0 bridgehead atoms. The molecule has 1 N–H and O–H groups in total. The number of carboxylic acids is 1. The third-order valence-electron chi connectivity index (χ3n) is 5.37. The van der Waals surface area contributed by atoms with Gasteiger partial charge in [-0.3, -0.25) is 0 Å². The van der Waals surface area contributed by atoms with Crippen molar-refractivity contribution in [3.8, 4) is 16.5 Å². The Hall–Kier alpha value is -3.16. The molecule has 0 saturated heterocycles. The van der Waals surface area contributed by atoms with Gasteiger partial charge in [0.25, 0.3) is 0 Å². The van der Waals surface area contributed by atoms with Crippen LogP contribution in [0.1, 0.15) is 50.7 Å². The molecule has 1 saturated carbocycles. The second-order valence-electron chi connectivity index (χ2n) is 7.74. The summed E-state index contributed by atoms with van der Waals surface area (Å²) in [6.07, 6.45) is -3.15. The fraction of sp³-hybridized carbons (Fsp3) is 0.217. The molecule has 1 aromatic heterocycles. The summed E-state index contributed by atoms with van der Waals surface area (Å²) >= 11 is 1.04. The standard InChI is InChI=1S/C23H16F3NO4S2/c24-23(25,26)16-4-7-18(20-8-5-17(11-27)32-20)15(9-16)12-33(30,31)21-10-14(22(28)29)3-6-19(21)13-1-2-13/h3-10,13H,1-2,12H2,(H,28,29). The lowest BCUT2D eigenvalue weighted by Crippen LogP contribution is -2.12. The third-order valence-corrected chi connectivity index (χ3v) is 8.11. The molecule has 170 valence electrons. The molecule has 4 rings (SSSR count). The summed E-state index contributed by atoms with van der Waals surface area (Å²) in [7, 11) is -4.19. The number of halogens is 3. The van der Waals surface area contributed by atoms with E-state index in [-0.39, 0.29) is 27.5 Å². The van der Waals surface area contributed by atoms with Crippen LogP contribution in [0.15, 0.2) is 53.4 Å². The molecular formula is C23H16F3NO4S2. The van der Waals surface area contributed by atoms with E-state index in [1.54, 1.807) is 6.07 Å². The van der Waals surface area contributed by atoms with Crippen molar-refractivity contribution in [2.75, 3.05) is 0 Å². The van der Waals surface area contributed by atoms with E-state index in [1.165, 1.54) is 24.3 Å². The van der Waals surface area contributed by atoms with Crippen LogP contribution in [0.2, 0.25) is 0 Å². The number of benzene rings is 2. The third kappa shape index (κ3) is 4.79. The van der Waals surface area contributed by atoms with Gasteiger partial charge < -0.3 is 5.11 Å². The molecular weight excluding hydrogens is 475 g/mol. The predicted octanol–water partition coefficient (Wildman–Crippen LogP) is 5.86. The molecule has 0 radical (unpaired) electrons. The lowest BCUT2D eigenvalue weighted by atomic mass is 10.0. The molecule has 0 atom stereocenters. The number of hydrogen-bond donors (Lipinski definition) is 1. The van der Waals surface area contributed by atoms with E-state index in [4.69, 9.17) is 5.26 Å². The number of hydrogen-bond acceptors (Lipinski definition) is 5. The second kappa shape index (κ2) is 8.32. The van der Waals surface area contributed by atoms with E-state index in [1.807, 2.05) is 6.07 Å². The second-order valence-corrected chi connectivity index (χ2v) is 10.8. The molecule has 5 nitrogen and oxygen atoms in total. The minimum absolute atomic E-state index is 0.0194. The molecule has 1 aliphatic rings. The molecule has 10 heteroatoms. The molecule has 1 fully saturated rings. The lowest BCUT2D eigenvalue weighted by molar-refractivity contribution is -0.137. The first-order valence-corrected chi connectivity index (χ1v) is 12.3. The van der Waals surface area contributed by atoms with Gasteiger partial charge in [-0.1, -0.05) is 12.1 Å². The van der Waals surface area contributed by atoms with Crippen molar-refractivity contribution in [3.63, 3.8) is 0 Å². The lowest BCUT2D eigenvalue weighted by Gasteiger charge is -2.15. The average molecular weight is 492 g/mol. The Morgan fingerprint density at radius 3 is 2.42 bits per heavy atom. The molecule has 0 amide bonds. The normalized spacial score (nSPS) is 14.1. The summed E-state index contributed by atoms with van der Waals surface area (Å²) < 4.78 is 67.0. The zero-order valence-corrected chi connectivity index (χ0v) is 18.5. The van der Waals surface area contributed by atoms with Gasteiger partial charge in [0.05, 0.1) is 21.8 Å². The maximum Gasteiger partial charge on any atom is 0.416 e. The van der Waals surface area contributed by atoms with Crippen molar-refractivity contribution < 1.29 is 31.5 Å². The molecule has 33 heavy (non-hydrogen) atoms. The number of carbonyl (C=O) groups is 1. The highest BCUT2D eigenvalue weighted by atomic mass is 32.2. The van der Waals surface area contributed by atoms with Crippen LogP contribution in [0, 0.1) is 11.3 Å². The summed E-state index contributed by atoms with van der Waals surface area (Å²) in [6, 6.07) is 11.8. The molecule has 0 spiro atoms. The number of carboxylic acid groups (broad SMARTS) is 1. The van der Waals surface area contributed by atoms with E-state index in [0.717, 1.165) is 42.4 Å². The van der Waals surface area contributed by atoms with Crippen molar-refractivity contribution in [2.24, 2.45) is 0 Å². The fourth-order valence-electron chi connectivity index (χ4n) is 3.62. The summed E-state index contributed by atoms with van der Waals surface area (Å²) in [5.41, 5.74) is -0.509. The number of nitrogens with zero attached hydrogens (tertiary/aromatic N) is 1. The first-order valence-electron chi connectivity index (χ1n) is 9.80. The van der Waals surface area contributed by atoms with Gasteiger partial charge in [0.1, 0.15) is 10.9 Å². The van der Waals surface area contributed by atoms with Gasteiger partial charge in [0.2, 0.25) is 0 Å². The number of sulfone groups is 1. The SMILES string of the molecule is N#Cc1ccc(-c2ccc(C(F)(F)F)cc2CS(=O)(=O)c2cc(C(=O)O)ccc2C2CC2)s1. The van der Waals surface area contributed by atoms with Gasteiger partial charge >= 0.3 is 12.1 Å². The Bertz CT molecular complexity index is 1400. The predicted molar refractivity (Wildman–Crippen MR) is 116 cm³/mol. The maximum atomic E-state index is 13.4. The van der Waals surface area contributed by atoms with Gasteiger partial charge in [-0.2, -0.15) is 18.4 Å². The molecule has 0 unspecified atom stereocenters.